The summed E-state index contributed by atoms with van der Waals surface area (Å²) in [7, 11) is 0. The fourth-order valence-corrected chi connectivity index (χ4v) is 1.97. The minimum absolute atomic E-state index is 0.0326. The Kier molecular flexibility index (Phi) is 3.34. The minimum Gasteiger partial charge on any atom is -0.394 e. The topological polar surface area (TPSA) is 29.5 Å². The third-order valence-corrected chi connectivity index (χ3v) is 2.89. The highest BCUT2D eigenvalue weighted by atomic mass is 19.1. The molecule has 1 fully saturated rings. The molecule has 1 aromatic carbocycles. The van der Waals surface area contributed by atoms with Crippen molar-refractivity contribution in [2.75, 3.05) is 13.2 Å². The molecule has 0 aromatic heterocycles. The quantitative estimate of drug-likeness (QED) is 0.809. The molecule has 1 aliphatic rings. The fourth-order valence-electron chi connectivity index (χ4n) is 1.97. The molecule has 0 amide bonds. The summed E-state index contributed by atoms with van der Waals surface area (Å²) in [6.07, 6.45) is 1.77. The number of hydrogen-bond acceptors (Lipinski definition) is 2. The molecule has 0 radical (unpaired) electrons. The summed E-state index contributed by atoms with van der Waals surface area (Å²) < 4.78 is 18.4. The first-order valence-electron chi connectivity index (χ1n) is 5.27. The maximum Gasteiger partial charge on any atom is 0.123 e. The van der Waals surface area contributed by atoms with E-state index in [9.17, 15) is 4.39 Å². The third kappa shape index (κ3) is 2.55. The highest BCUT2D eigenvalue weighted by Crippen LogP contribution is 2.28. The van der Waals surface area contributed by atoms with Crippen molar-refractivity contribution < 1.29 is 14.2 Å². The Morgan fingerprint density at radius 3 is 2.87 bits per heavy atom. The predicted molar refractivity (Wildman–Crippen MR) is 55.2 cm³/mol. The third-order valence-electron chi connectivity index (χ3n) is 2.89. The van der Waals surface area contributed by atoms with E-state index in [2.05, 4.69) is 0 Å². The van der Waals surface area contributed by atoms with Crippen LogP contribution in [0.25, 0.3) is 0 Å². The lowest BCUT2D eigenvalue weighted by Crippen LogP contribution is -2.27. The molecule has 82 valence electrons. The number of aliphatic hydroxyl groups excluding tert-OH is 1. The maximum absolute atomic E-state index is 13.0. The number of hydrogen-bond donors (Lipinski definition) is 1. The van der Waals surface area contributed by atoms with E-state index in [-0.39, 0.29) is 24.4 Å². The molecule has 0 aliphatic carbocycles. The number of rotatable bonds is 2. The Bertz CT molecular complexity index is 319. The molecule has 0 saturated carbocycles. The molecule has 0 bridgehead atoms. The summed E-state index contributed by atoms with van der Waals surface area (Å²) in [6.45, 7) is 0.657. The number of benzene rings is 1. The smallest absolute Gasteiger partial charge is 0.123 e. The molecular weight excluding hydrogens is 195 g/mol. The van der Waals surface area contributed by atoms with Crippen LogP contribution < -0.4 is 0 Å². The Hall–Kier alpha value is -0.930. The molecule has 1 aliphatic heterocycles. The van der Waals surface area contributed by atoms with E-state index in [0.29, 0.717) is 6.61 Å². The van der Waals surface area contributed by atoms with Gasteiger partial charge in [-0.25, -0.2) is 4.39 Å². The van der Waals surface area contributed by atoms with Crippen molar-refractivity contribution in [1.29, 1.82) is 0 Å². The van der Waals surface area contributed by atoms with E-state index in [1.165, 1.54) is 6.07 Å². The van der Waals surface area contributed by atoms with E-state index in [1.54, 1.807) is 12.1 Å². The van der Waals surface area contributed by atoms with Crippen LogP contribution in [-0.4, -0.2) is 24.4 Å². The fraction of sp³-hybridized carbons (Fsp3) is 0.500. The van der Waals surface area contributed by atoms with Crippen molar-refractivity contribution in [3.63, 3.8) is 0 Å². The van der Waals surface area contributed by atoms with Gasteiger partial charge in [0.05, 0.1) is 19.3 Å². The second-order valence-electron chi connectivity index (χ2n) is 3.97. The summed E-state index contributed by atoms with van der Waals surface area (Å²) in [4.78, 5) is 0. The number of aliphatic hydroxyl groups is 1. The van der Waals surface area contributed by atoms with Gasteiger partial charge in [0.25, 0.3) is 0 Å². The molecular formula is C12H15FO2. The van der Waals surface area contributed by atoms with Crippen LogP contribution in [0.5, 0.6) is 0 Å². The highest BCUT2D eigenvalue weighted by Gasteiger charge is 2.22. The minimum atomic E-state index is -0.197. The van der Waals surface area contributed by atoms with Gasteiger partial charge < -0.3 is 9.84 Å². The first-order valence-corrected chi connectivity index (χ1v) is 5.27. The zero-order chi connectivity index (χ0) is 10.7. The second-order valence-corrected chi connectivity index (χ2v) is 3.97. The molecule has 1 heterocycles. The van der Waals surface area contributed by atoms with Crippen molar-refractivity contribution >= 4 is 0 Å². The first-order chi connectivity index (χ1) is 7.29. The average Bonchev–Trinajstić information content (AvgIpc) is 2.29. The zero-order valence-corrected chi connectivity index (χ0v) is 8.53. The molecule has 1 saturated heterocycles. The molecule has 2 nitrogen and oxygen atoms in total. The molecule has 0 unspecified atom stereocenters. The standard InChI is InChI=1S/C12H15FO2/c13-11-3-1-2-9(6-11)10-4-5-12(7-14)15-8-10/h1-3,6,10,12,14H,4-5,7-8H2/t10-,12-/m0/s1. The van der Waals surface area contributed by atoms with Crippen molar-refractivity contribution in [3.8, 4) is 0 Å². The molecule has 1 N–H and O–H groups in total. The van der Waals surface area contributed by atoms with Crippen molar-refractivity contribution in [1.82, 2.24) is 0 Å². The summed E-state index contributed by atoms with van der Waals surface area (Å²) >= 11 is 0. The summed E-state index contributed by atoms with van der Waals surface area (Å²) in [5, 5.41) is 8.91. The Labute approximate surface area is 88.7 Å². The van der Waals surface area contributed by atoms with Gasteiger partial charge in [-0.15, -0.1) is 0 Å². The molecule has 2 rings (SSSR count). The van der Waals surface area contributed by atoms with Gasteiger partial charge in [-0.1, -0.05) is 12.1 Å². The van der Waals surface area contributed by atoms with Gasteiger partial charge in [0.2, 0.25) is 0 Å². The first kappa shape index (κ1) is 10.6. The lowest BCUT2D eigenvalue weighted by atomic mass is 9.91. The predicted octanol–water partition coefficient (Wildman–Crippen LogP) is 2.08. The van der Waals surface area contributed by atoms with Gasteiger partial charge in [0.15, 0.2) is 0 Å². The van der Waals surface area contributed by atoms with Gasteiger partial charge in [-0.05, 0) is 30.5 Å². The van der Waals surface area contributed by atoms with Crippen molar-refractivity contribution in [3.05, 3.63) is 35.6 Å². The van der Waals surface area contributed by atoms with Crippen LogP contribution in [0.2, 0.25) is 0 Å². The summed E-state index contributed by atoms with van der Waals surface area (Å²) in [6, 6.07) is 6.66. The zero-order valence-electron chi connectivity index (χ0n) is 8.53. The van der Waals surface area contributed by atoms with Crippen LogP contribution in [0.1, 0.15) is 24.3 Å². The molecule has 15 heavy (non-hydrogen) atoms. The van der Waals surface area contributed by atoms with Crippen LogP contribution >= 0.6 is 0 Å². The van der Waals surface area contributed by atoms with E-state index in [1.807, 2.05) is 6.07 Å². The highest BCUT2D eigenvalue weighted by molar-refractivity contribution is 5.21. The van der Waals surface area contributed by atoms with Gasteiger partial charge in [-0.3, -0.25) is 0 Å². The lowest BCUT2D eigenvalue weighted by Gasteiger charge is -2.28. The Balaban J connectivity index is 2.01. The second kappa shape index (κ2) is 4.73. The maximum atomic E-state index is 13.0. The normalized spacial score (nSPS) is 26.5. The van der Waals surface area contributed by atoms with Crippen LogP contribution in [0.15, 0.2) is 24.3 Å². The SMILES string of the molecule is OC[C@@H]1CC[C@H](c2cccc(F)c2)CO1. The molecule has 2 atom stereocenters. The number of ether oxygens (including phenoxy) is 1. The van der Waals surface area contributed by atoms with E-state index in [0.717, 1.165) is 18.4 Å². The Morgan fingerprint density at radius 1 is 1.40 bits per heavy atom. The molecule has 3 heteroatoms. The lowest BCUT2D eigenvalue weighted by molar-refractivity contribution is -0.0270. The average molecular weight is 210 g/mol. The van der Waals surface area contributed by atoms with Crippen LogP contribution in [0.4, 0.5) is 4.39 Å². The van der Waals surface area contributed by atoms with Crippen LogP contribution in [0.3, 0.4) is 0 Å². The van der Waals surface area contributed by atoms with E-state index >= 15 is 0 Å². The van der Waals surface area contributed by atoms with Gasteiger partial charge in [0.1, 0.15) is 5.82 Å². The van der Waals surface area contributed by atoms with Crippen LogP contribution in [0, 0.1) is 5.82 Å². The van der Waals surface area contributed by atoms with Gasteiger partial charge >= 0.3 is 0 Å². The monoisotopic (exact) mass is 210 g/mol. The summed E-state index contributed by atoms with van der Waals surface area (Å²) in [5.74, 6) is 0.0697. The number of halogens is 1. The summed E-state index contributed by atoms with van der Waals surface area (Å²) in [5.41, 5.74) is 0.992. The van der Waals surface area contributed by atoms with E-state index < -0.39 is 0 Å². The van der Waals surface area contributed by atoms with E-state index in [4.69, 9.17) is 9.84 Å². The Morgan fingerprint density at radius 2 is 2.27 bits per heavy atom. The van der Waals surface area contributed by atoms with Gasteiger partial charge in [0, 0.05) is 5.92 Å². The molecule has 0 spiro atoms. The van der Waals surface area contributed by atoms with Gasteiger partial charge in [-0.2, -0.15) is 0 Å². The molecule has 1 aromatic rings. The largest absolute Gasteiger partial charge is 0.394 e. The van der Waals surface area contributed by atoms with Crippen molar-refractivity contribution in [2.24, 2.45) is 0 Å². The van der Waals surface area contributed by atoms with Crippen LogP contribution in [-0.2, 0) is 4.74 Å². The van der Waals surface area contributed by atoms with Crippen molar-refractivity contribution in [2.45, 2.75) is 24.9 Å².